The second-order valence-electron chi connectivity index (χ2n) is 6.64. The Hall–Kier alpha value is -2.88. The van der Waals surface area contributed by atoms with Crippen molar-refractivity contribution in [2.45, 2.75) is 39.2 Å². The molecule has 0 aliphatic carbocycles. The van der Waals surface area contributed by atoms with Gasteiger partial charge in [0.1, 0.15) is 5.82 Å². The number of rotatable bonds is 9. The lowest BCUT2D eigenvalue weighted by atomic mass is 10.2. The molecule has 27 heavy (non-hydrogen) atoms. The number of nitrogens with one attached hydrogen (secondary N) is 1. The third kappa shape index (κ3) is 5.30. The summed E-state index contributed by atoms with van der Waals surface area (Å²) in [7, 11) is 0. The van der Waals surface area contributed by atoms with Gasteiger partial charge in [0.25, 0.3) is 0 Å². The van der Waals surface area contributed by atoms with Crippen molar-refractivity contribution < 1.29 is 4.79 Å². The minimum Gasteiger partial charge on any atom is -0.356 e. The van der Waals surface area contributed by atoms with Crippen LogP contribution in [0.15, 0.2) is 60.7 Å². The van der Waals surface area contributed by atoms with Gasteiger partial charge in [0, 0.05) is 25.9 Å². The van der Waals surface area contributed by atoms with Crippen LogP contribution in [0.4, 0.5) is 0 Å². The number of aryl methyl sites for hydroxylation is 1. The summed E-state index contributed by atoms with van der Waals surface area (Å²) in [6.45, 7) is 3.50. The summed E-state index contributed by atoms with van der Waals surface area (Å²) in [4.78, 5) is 16.4. The smallest absolute Gasteiger partial charge is 0.219 e. The molecule has 140 valence electrons. The molecule has 1 N–H and O–H groups in total. The standard InChI is InChI=1S/C23H27N3O/c1-2-10-23(27)24-17-8-16-22-25-20-14-6-7-15-21(20)26(22)18-9-13-19-11-4-3-5-12-19/h3-7,9,11-15H,2,8,10,16-18H2,1H3,(H,24,27)/b13-9+. The van der Waals surface area contributed by atoms with E-state index in [9.17, 15) is 4.79 Å². The van der Waals surface area contributed by atoms with Crippen molar-refractivity contribution >= 4 is 23.0 Å². The molecular weight excluding hydrogens is 334 g/mol. The second-order valence-corrected chi connectivity index (χ2v) is 6.64. The second kappa shape index (κ2) is 9.72. The molecule has 1 aromatic heterocycles. The van der Waals surface area contributed by atoms with Gasteiger partial charge >= 0.3 is 0 Å². The van der Waals surface area contributed by atoms with Crippen LogP contribution in [0.3, 0.4) is 0 Å². The summed E-state index contributed by atoms with van der Waals surface area (Å²) < 4.78 is 2.27. The van der Waals surface area contributed by atoms with Gasteiger partial charge in [-0.15, -0.1) is 0 Å². The Morgan fingerprint density at radius 2 is 1.89 bits per heavy atom. The van der Waals surface area contributed by atoms with E-state index in [2.05, 4.69) is 52.4 Å². The molecule has 0 saturated heterocycles. The van der Waals surface area contributed by atoms with Crippen molar-refractivity contribution in [3.8, 4) is 0 Å². The van der Waals surface area contributed by atoms with Crippen LogP contribution in [0.25, 0.3) is 17.1 Å². The number of hydrogen-bond donors (Lipinski definition) is 1. The summed E-state index contributed by atoms with van der Waals surface area (Å²) in [6.07, 6.45) is 7.54. The fraction of sp³-hybridized carbons (Fsp3) is 0.304. The first-order chi connectivity index (χ1) is 13.3. The number of hydrogen-bond acceptors (Lipinski definition) is 2. The maximum Gasteiger partial charge on any atom is 0.219 e. The quantitative estimate of drug-likeness (QED) is 0.566. The fourth-order valence-electron chi connectivity index (χ4n) is 3.17. The lowest BCUT2D eigenvalue weighted by Gasteiger charge is -2.07. The van der Waals surface area contributed by atoms with E-state index in [1.165, 1.54) is 5.56 Å². The highest BCUT2D eigenvalue weighted by Crippen LogP contribution is 2.17. The summed E-state index contributed by atoms with van der Waals surface area (Å²) in [6, 6.07) is 18.6. The van der Waals surface area contributed by atoms with Crippen molar-refractivity contribution in [2.24, 2.45) is 0 Å². The molecule has 0 aliphatic rings. The zero-order chi connectivity index (χ0) is 18.9. The van der Waals surface area contributed by atoms with Crippen LogP contribution in [-0.2, 0) is 17.8 Å². The molecule has 0 fully saturated rings. The first-order valence-corrected chi connectivity index (χ1v) is 9.70. The van der Waals surface area contributed by atoms with Crippen LogP contribution in [0.2, 0.25) is 0 Å². The van der Waals surface area contributed by atoms with Gasteiger partial charge in [0.2, 0.25) is 5.91 Å². The highest BCUT2D eigenvalue weighted by molar-refractivity contribution is 5.76. The molecule has 0 unspecified atom stereocenters. The van der Waals surface area contributed by atoms with Gasteiger partial charge in [-0.25, -0.2) is 4.98 Å². The Morgan fingerprint density at radius 1 is 1.11 bits per heavy atom. The lowest BCUT2D eigenvalue weighted by molar-refractivity contribution is -0.121. The minimum absolute atomic E-state index is 0.136. The van der Waals surface area contributed by atoms with E-state index in [4.69, 9.17) is 4.98 Å². The Balaban J connectivity index is 1.68. The van der Waals surface area contributed by atoms with Gasteiger partial charge in [0.05, 0.1) is 11.0 Å². The Morgan fingerprint density at radius 3 is 2.70 bits per heavy atom. The minimum atomic E-state index is 0.136. The Bertz CT molecular complexity index is 896. The molecule has 0 saturated carbocycles. The van der Waals surface area contributed by atoms with E-state index in [1.54, 1.807) is 0 Å². The van der Waals surface area contributed by atoms with E-state index in [0.29, 0.717) is 13.0 Å². The molecule has 3 aromatic rings. The average Bonchev–Trinajstić information content (AvgIpc) is 3.04. The van der Waals surface area contributed by atoms with Crippen LogP contribution < -0.4 is 5.32 Å². The molecule has 4 nitrogen and oxygen atoms in total. The largest absolute Gasteiger partial charge is 0.356 e. The third-order valence-electron chi connectivity index (χ3n) is 4.51. The molecule has 0 spiro atoms. The summed E-state index contributed by atoms with van der Waals surface area (Å²) >= 11 is 0. The Labute approximate surface area is 160 Å². The monoisotopic (exact) mass is 361 g/mol. The van der Waals surface area contributed by atoms with Crippen LogP contribution in [0.1, 0.15) is 37.6 Å². The Kier molecular flexibility index (Phi) is 6.80. The molecule has 1 heterocycles. The molecule has 4 heteroatoms. The van der Waals surface area contributed by atoms with Gasteiger partial charge < -0.3 is 9.88 Å². The summed E-state index contributed by atoms with van der Waals surface area (Å²) in [5.41, 5.74) is 3.37. The van der Waals surface area contributed by atoms with Crippen LogP contribution in [0, 0.1) is 0 Å². The molecule has 3 rings (SSSR count). The number of amides is 1. The molecule has 2 aromatic carbocycles. The van der Waals surface area contributed by atoms with Crippen molar-refractivity contribution in [2.75, 3.05) is 6.54 Å². The SMILES string of the molecule is CCCC(=O)NCCCc1nc2ccccc2n1C/C=C/c1ccccc1. The molecule has 1 amide bonds. The van der Waals surface area contributed by atoms with Crippen LogP contribution >= 0.6 is 0 Å². The number of carbonyl (C=O) groups is 1. The number of benzene rings is 2. The zero-order valence-electron chi connectivity index (χ0n) is 15.9. The van der Waals surface area contributed by atoms with Gasteiger partial charge in [0.15, 0.2) is 0 Å². The van der Waals surface area contributed by atoms with E-state index < -0.39 is 0 Å². The zero-order valence-corrected chi connectivity index (χ0v) is 15.9. The number of imidazole rings is 1. The van der Waals surface area contributed by atoms with E-state index in [-0.39, 0.29) is 5.91 Å². The molecule has 0 radical (unpaired) electrons. The number of fused-ring (bicyclic) bond motifs is 1. The molecule has 0 bridgehead atoms. The van der Waals surface area contributed by atoms with Crippen LogP contribution in [-0.4, -0.2) is 22.0 Å². The van der Waals surface area contributed by atoms with Gasteiger partial charge in [-0.3, -0.25) is 4.79 Å². The molecule has 0 aliphatic heterocycles. The van der Waals surface area contributed by atoms with Crippen molar-refractivity contribution in [3.63, 3.8) is 0 Å². The first-order valence-electron chi connectivity index (χ1n) is 9.70. The number of carbonyl (C=O) groups excluding carboxylic acids is 1. The maximum atomic E-state index is 11.6. The van der Waals surface area contributed by atoms with E-state index in [1.807, 2.05) is 31.2 Å². The predicted molar refractivity (Wildman–Crippen MR) is 111 cm³/mol. The number of aromatic nitrogens is 2. The fourth-order valence-corrected chi connectivity index (χ4v) is 3.17. The average molecular weight is 361 g/mol. The number of nitrogens with zero attached hydrogens (tertiary/aromatic N) is 2. The third-order valence-corrected chi connectivity index (χ3v) is 4.51. The van der Waals surface area contributed by atoms with Crippen LogP contribution in [0.5, 0.6) is 0 Å². The van der Waals surface area contributed by atoms with Crippen molar-refractivity contribution in [3.05, 3.63) is 72.1 Å². The first kappa shape index (κ1) is 18.9. The normalized spacial score (nSPS) is 11.3. The van der Waals surface area contributed by atoms with E-state index >= 15 is 0 Å². The van der Waals surface area contributed by atoms with Gasteiger partial charge in [-0.1, -0.05) is 61.5 Å². The highest BCUT2D eigenvalue weighted by atomic mass is 16.1. The van der Waals surface area contributed by atoms with E-state index in [0.717, 1.165) is 42.7 Å². The highest BCUT2D eigenvalue weighted by Gasteiger charge is 2.09. The lowest BCUT2D eigenvalue weighted by Crippen LogP contribution is -2.24. The molecule has 0 atom stereocenters. The van der Waals surface area contributed by atoms with Crippen molar-refractivity contribution in [1.29, 1.82) is 0 Å². The molecular formula is C23H27N3O. The number of allylic oxidation sites excluding steroid dienone is 1. The summed E-state index contributed by atoms with van der Waals surface area (Å²) in [5, 5.41) is 2.98. The van der Waals surface area contributed by atoms with Gasteiger partial charge in [-0.05, 0) is 30.5 Å². The summed E-state index contributed by atoms with van der Waals surface area (Å²) in [5.74, 6) is 1.20. The topological polar surface area (TPSA) is 46.9 Å². The number of para-hydroxylation sites is 2. The van der Waals surface area contributed by atoms with Gasteiger partial charge in [-0.2, -0.15) is 0 Å². The van der Waals surface area contributed by atoms with Crippen molar-refractivity contribution in [1.82, 2.24) is 14.9 Å². The predicted octanol–water partition coefficient (Wildman–Crippen LogP) is 4.60. The maximum absolute atomic E-state index is 11.6.